The Balaban J connectivity index is 2.73. The third-order valence-corrected chi connectivity index (χ3v) is 3.20. The van der Waals surface area contributed by atoms with Gasteiger partial charge in [0.15, 0.2) is 0 Å². The van der Waals surface area contributed by atoms with E-state index in [1.165, 1.54) is 18.2 Å². The average molecular weight is 249 g/mol. The second kappa shape index (κ2) is 7.17. The van der Waals surface area contributed by atoms with Gasteiger partial charge in [0.2, 0.25) is 0 Å². The lowest BCUT2D eigenvalue weighted by atomic mass is 10.0. The zero-order valence-corrected chi connectivity index (χ0v) is 11.7. The van der Waals surface area contributed by atoms with Crippen LogP contribution in [-0.4, -0.2) is 19.1 Å². The molecule has 1 unspecified atom stereocenters. The Bertz CT molecular complexity index is 373. The molecule has 18 heavy (non-hydrogen) atoms. The van der Waals surface area contributed by atoms with Gasteiger partial charge in [0.1, 0.15) is 6.04 Å². The van der Waals surface area contributed by atoms with E-state index in [2.05, 4.69) is 43.4 Å². The molecule has 0 amide bonds. The van der Waals surface area contributed by atoms with Crippen molar-refractivity contribution in [1.82, 2.24) is 5.32 Å². The summed E-state index contributed by atoms with van der Waals surface area (Å²) >= 11 is 0. The number of benzene rings is 1. The van der Waals surface area contributed by atoms with Crippen molar-refractivity contribution >= 4 is 5.97 Å². The zero-order chi connectivity index (χ0) is 13.5. The lowest BCUT2D eigenvalue weighted by Gasteiger charge is -2.21. The number of hydrogen-bond acceptors (Lipinski definition) is 3. The fraction of sp³-hybridized carbons (Fsp3) is 0.533. The molecule has 0 aliphatic rings. The van der Waals surface area contributed by atoms with Crippen LogP contribution in [0.3, 0.4) is 0 Å². The van der Waals surface area contributed by atoms with Crippen LogP contribution in [0.5, 0.6) is 0 Å². The Morgan fingerprint density at radius 3 is 2.33 bits per heavy atom. The fourth-order valence-corrected chi connectivity index (χ4v) is 1.98. The predicted octanol–water partition coefficient (Wildman–Crippen LogP) is 2.85. The third kappa shape index (κ3) is 3.84. The molecule has 0 spiro atoms. The van der Waals surface area contributed by atoms with Crippen LogP contribution < -0.4 is 5.32 Å². The lowest BCUT2D eigenvalue weighted by molar-refractivity contribution is -0.142. The van der Waals surface area contributed by atoms with Crippen LogP contribution in [-0.2, 0) is 16.0 Å². The molecule has 0 bridgehead atoms. The van der Waals surface area contributed by atoms with E-state index in [0.29, 0.717) is 0 Å². The first-order valence-corrected chi connectivity index (χ1v) is 6.55. The van der Waals surface area contributed by atoms with Crippen molar-refractivity contribution in [3.05, 3.63) is 35.4 Å². The summed E-state index contributed by atoms with van der Waals surface area (Å²) in [4.78, 5) is 11.4. The topological polar surface area (TPSA) is 38.3 Å². The van der Waals surface area contributed by atoms with Gasteiger partial charge in [-0.15, -0.1) is 0 Å². The van der Waals surface area contributed by atoms with Crippen LogP contribution in [0.1, 0.15) is 44.4 Å². The van der Waals surface area contributed by atoms with E-state index in [1.807, 2.05) is 6.92 Å². The molecular formula is C15H23NO2. The third-order valence-electron chi connectivity index (χ3n) is 3.20. The highest BCUT2D eigenvalue weighted by molar-refractivity contribution is 5.75. The number of ether oxygens (including phenoxy) is 1. The van der Waals surface area contributed by atoms with E-state index in [9.17, 15) is 4.79 Å². The minimum atomic E-state index is -0.286. The summed E-state index contributed by atoms with van der Waals surface area (Å²) < 4.78 is 4.73. The van der Waals surface area contributed by atoms with Crippen LogP contribution in [0, 0.1) is 0 Å². The Morgan fingerprint density at radius 2 is 1.89 bits per heavy atom. The molecule has 3 heteroatoms. The predicted molar refractivity (Wildman–Crippen MR) is 73.5 cm³/mol. The minimum Gasteiger partial charge on any atom is -0.468 e. The summed E-state index contributed by atoms with van der Waals surface area (Å²) in [5.41, 5.74) is 2.54. The molecule has 0 heterocycles. The summed E-state index contributed by atoms with van der Waals surface area (Å²) in [7, 11) is 1.41. The Kier molecular flexibility index (Phi) is 5.86. The number of methoxy groups -OCH3 is 1. The van der Waals surface area contributed by atoms with Crippen LogP contribution in [0.2, 0.25) is 0 Å². The van der Waals surface area contributed by atoms with E-state index in [4.69, 9.17) is 4.74 Å². The molecule has 1 rings (SSSR count). The fourth-order valence-electron chi connectivity index (χ4n) is 1.98. The van der Waals surface area contributed by atoms with Gasteiger partial charge in [-0.25, -0.2) is 0 Å². The standard InChI is InChI=1S/C15H23NO2/c1-5-12-7-9-13(10-8-12)14(6-2)16-11(3)15(17)18-4/h7-11,14,16H,5-6H2,1-4H3/t11-,14?/m1/s1. The van der Waals surface area contributed by atoms with E-state index in [-0.39, 0.29) is 18.1 Å². The summed E-state index contributed by atoms with van der Waals surface area (Å²) in [5, 5.41) is 3.30. The van der Waals surface area contributed by atoms with Crippen molar-refractivity contribution in [1.29, 1.82) is 0 Å². The first-order valence-electron chi connectivity index (χ1n) is 6.55. The molecule has 0 saturated carbocycles. The van der Waals surface area contributed by atoms with Crippen molar-refractivity contribution in [2.45, 2.75) is 45.7 Å². The molecule has 0 aromatic heterocycles. The molecule has 0 radical (unpaired) electrons. The SMILES string of the molecule is CCc1ccc(C(CC)N[C@H](C)C(=O)OC)cc1. The average Bonchev–Trinajstić information content (AvgIpc) is 2.43. The molecule has 0 aliphatic heterocycles. The summed E-state index contributed by atoms with van der Waals surface area (Å²) in [6.07, 6.45) is 1.98. The second-order valence-corrected chi connectivity index (χ2v) is 4.47. The first-order chi connectivity index (χ1) is 8.62. The molecule has 0 saturated heterocycles. The van der Waals surface area contributed by atoms with Crippen molar-refractivity contribution in [2.24, 2.45) is 0 Å². The van der Waals surface area contributed by atoms with Crippen LogP contribution in [0.15, 0.2) is 24.3 Å². The highest BCUT2D eigenvalue weighted by Crippen LogP contribution is 2.18. The summed E-state index contributed by atoms with van der Waals surface area (Å²) in [5.74, 6) is -0.223. The van der Waals surface area contributed by atoms with Crippen molar-refractivity contribution in [3.63, 3.8) is 0 Å². The Hall–Kier alpha value is -1.35. The highest BCUT2D eigenvalue weighted by Gasteiger charge is 2.18. The number of carbonyl (C=O) groups is 1. The van der Waals surface area contributed by atoms with Crippen LogP contribution in [0.25, 0.3) is 0 Å². The summed E-state index contributed by atoms with van der Waals surface area (Å²) in [6, 6.07) is 8.44. The van der Waals surface area contributed by atoms with Gasteiger partial charge in [0.05, 0.1) is 7.11 Å². The maximum atomic E-state index is 11.4. The molecule has 100 valence electrons. The molecule has 0 aliphatic carbocycles. The van der Waals surface area contributed by atoms with Crippen LogP contribution in [0.4, 0.5) is 0 Å². The lowest BCUT2D eigenvalue weighted by Crippen LogP contribution is -2.37. The molecule has 1 aromatic rings. The number of nitrogens with one attached hydrogen (secondary N) is 1. The minimum absolute atomic E-state index is 0.185. The largest absolute Gasteiger partial charge is 0.468 e. The number of esters is 1. The molecule has 1 N–H and O–H groups in total. The van der Waals surface area contributed by atoms with Gasteiger partial charge in [-0.3, -0.25) is 10.1 Å². The van der Waals surface area contributed by atoms with E-state index in [1.54, 1.807) is 0 Å². The normalized spacial score (nSPS) is 14.0. The van der Waals surface area contributed by atoms with E-state index < -0.39 is 0 Å². The van der Waals surface area contributed by atoms with Gasteiger partial charge in [-0.2, -0.15) is 0 Å². The van der Waals surface area contributed by atoms with Crippen LogP contribution >= 0.6 is 0 Å². The Morgan fingerprint density at radius 1 is 1.28 bits per heavy atom. The zero-order valence-electron chi connectivity index (χ0n) is 11.7. The molecule has 1 aromatic carbocycles. The highest BCUT2D eigenvalue weighted by atomic mass is 16.5. The number of aryl methyl sites for hydroxylation is 1. The van der Waals surface area contributed by atoms with Gasteiger partial charge in [0, 0.05) is 6.04 Å². The maximum absolute atomic E-state index is 11.4. The smallest absolute Gasteiger partial charge is 0.322 e. The quantitative estimate of drug-likeness (QED) is 0.788. The molecular weight excluding hydrogens is 226 g/mol. The monoisotopic (exact) mass is 249 g/mol. The van der Waals surface area contributed by atoms with E-state index >= 15 is 0 Å². The van der Waals surface area contributed by atoms with Crippen molar-refractivity contribution < 1.29 is 9.53 Å². The van der Waals surface area contributed by atoms with E-state index in [0.717, 1.165) is 12.8 Å². The molecule has 3 nitrogen and oxygen atoms in total. The number of hydrogen-bond donors (Lipinski definition) is 1. The van der Waals surface area contributed by atoms with Gasteiger partial charge in [-0.1, -0.05) is 38.1 Å². The van der Waals surface area contributed by atoms with Gasteiger partial charge in [0.25, 0.3) is 0 Å². The van der Waals surface area contributed by atoms with Gasteiger partial charge >= 0.3 is 5.97 Å². The van der Waals surface area contributed by atoms with Crippen molar-refractivity contribution in [2.75, 3.05) is 7.11 Å². The number of rotatable bonds is 6. The van der Waals surface area contributed by atoms with Gasteiger partial charge in [-0.05, 0) is 30.9 Å². The van der Waals surface area contributed by atoms with Crippen molar-refractivity contribution in [3.8, 4) is 0 Å². The van der Waals surface area contributed by atoms with Gasteiger partial charge < -0.3 is 4.74 Å². The summed E-state index contributed by atoms with van der Waals surface area (Å²) in [6.45, 7) is 6.08. The Labute approximate surface area is 110 Å². The first kappa shape index (κ1) is 14.7. The molecule has 0 fully saturated rings. The number of carbonyl (C=O) groups excluding carboxylic acids is 1. The maximum Gasteiger partial charge on any atom is 0.322 e. The molecule has 2 atom stereocenters. The second-order valence-electron chi connectivity index (χ2n) is 4.47.